The second-order valence-corrected chi connectivity index (χ2v) is 9.72. The lowest BCUT2D eigenvalue weighted by atomic mass is 9.97. The number of carbonyl (C=O) groups excluding carboxylic acids is 1. The summed E-state index contributed by atoms with van der Waals surface area (Å²) in [4.78, 5) is 33.3. The molecule has 3 heterocycles. The Kier molecular flexibility index (Phi) is 4.94. The predicted molar refractivity (Wildman–Crippen MR) is 129 cm³/mol. The van der Waals surface area contributed by atoms with Crippen molar-refractivity contribution >= 4 is 28.8 Å². The van der Waals surface area contributed by atoms with E-state index in [1.807, 2.05) is 35.2 Å². The minimum absolute atomic E-state index is 0.0864. The average Bonchev–Trinajstić information content (AvgIpc) is 3.64. The number of amides is 2. The number of carboxylic acid groups (broad SMARTS) is 1. The molecule has 6 rings (SSSR count). The summed E-state index contributed by atoms with van der Waals surface area (Å²) >= 11 is 0. The summed E-state index contributed by atoms with van der Waals surface area (Å²) < 4.78 is 5.45. The van der Waals surface area contributed by atoms with E-state index in [1.165, 1.54) is 4.90 Å². The zero-order chi connectivity index (χ0) is 23.3. The second kappa shape index (κ2) is 8.01. The van der Waals surface area contributed by atoms with Crippen LogP contribution in [0.4, 0.5) is 4.79 Å². The second-order valence-electron chi connectivity index (χ2n) is 9.72. The van der Waals surface area contributed by atoms with Crippen LogP contribution in [-0.2, 0) is 4.79 Å². The molecule has 3 aromatic rings. The summed E-state index contributed by atoms with van der Waals surface area (Å²) in [6.07, 6.45) is 5.19. The van der Waals surface area contributed by atoms with Gasteiger partial charge in [0.15, 0.2) is 0 Å². The number of benzene rings is 2. The number of hydrogen-bond donors (Lipinski definition) is 1. The Hall–Kier alpha value is -3.61. The molecule has 1 saturated heterocycles. The maximum Gasteiger partial charge on any atom is 0.407 e. The van der Waals surface area contributed by atoms with E-state index in [0.717, 1.165) is 65.6 Å². The summed E-state index contributed by atoms with van der Waals surface area (Å²) in [6.45, 7) is 1.51. The highest BCUT2D eigenvalue weighted by molar-refractivity contribution is 6.15. The van der Waals surface area contributed by atoms with Crippen LogP contribution in [0.25, 0.3) is 22.1 Å². The Bertz CT molecular complexity index is 1290. The monoisotopic (exact) mass is 457 g/mol. The van der Waals surface area contributed by atoms with Crippen molar-refractivity contribution in [3.63, 3.8) is 0 Å². The number of carbonyl (C=O) groups is 2. The van der Waals surface area contributed by atoms with Crippen molar-refractivity contribution in [1.82, 2.24) is 9.80 Å². The third-order valence-corrected chi connectivity index (χ3v) is 7.58. The molecule has 0 radical (unpaired) electrons. The minimum atomic E-state index is -0.888. The molecular weight excluding hydrogens is 430 g/mol. The van der Waals surface area contributed by atoms with Crippen LogP contribution in [0.1, 0.15) is 37.7 Å². The van der Waals surface area contributed by atoms with Gasteiger partial charge in [-0.1, -0.05) is 43.2 Å². The molecule has 2 aliphatic heterocycles. The minimum Gasteiger partial charge on any atom is -0.465 e. The number of amidine groups is 1. The van der Waals surface area contributed by atoms with Crippen LogP contribution in [-0.4, -0.2) is 57.9 Å². The maximum atomic E-state index is 13.6. The van der Waals surface area contributed by atoms with Gasteiger partial charge in [0.2, 0.25) is 0 Å². The van der Waals surface area contributed by atoms with Gasteiger partial charge >= 0.3 is 6.09 Å². The lowest BCUT2D eigenvalue weighted by Crippen LogP contribution is -2.44. The molecule has 34 heavy (non-hydrogen) atoms. The van der Waals surface area contributed by atoms with E-state index in [1.54, 1.807) is 6.26 Å². The smallest absolute Gasteiger partial charge is 0.407 e. The average molecular weight is 458 g/mol. The van der Waals surface area contributed by atoms with Crippen molar-refractivity contribution in [2.24, 2.45) is 10.9 Å². The lowest BCUT2D eigenvalue weighted by Gasteiger charge is -2.25. The number of nitrogens with zero attached hydrogens (tertiary/aromatic N) is 3. The number of rotatable bonds is 4. The van der Waals surface area contributed by atoms with Crippen molar-refractivity contribution in [2.45, 2.75) is 37.6 Å². The lowest BCUT2D eigenvalue weighted by molar-refractivity contribution is -0.131. The molecule has 7 heteroatoms. The van der Waals surface area contributed by atoms with E-state index in [2.05, 4.69) is 18.2 Å². The molecule has 1 aliphatic carbocycles. The van der Waals surface area contributed by atoms with Crippen molar-refractivity contribution in [2.75, 3.05) is 19.6 Å². The molecule has 1 unspecified atom stereocenters. The maximum absolute atomic E-state index is 13.6. The molecule has 1 spiro atoms. The first kappa shape index (κ1) is 21.0. The van der Waals surface area contributed by atoms with Gasteiger partial charge in [0, 0.05) is 30.6 Å². The fraction of sp³-hybridized carbons (Fsp3) is 0.370. The summed E-state index contributed by atoms with van der Waals surface area (Å²) in [5.41, 5.74) is 3.36. The van der Waals surface area contributed by atoms with Gasteiger partial charge in [-0.2, -0.15) is 0 Å². The Morgan fingerprint density at radius 1 is 1.06 bits per heavy atom. The molecule has 1 saturated carbocycles. The van der Waals surface area contributed by atoms with Gasteiger partial charge in [-0.25, -0.2) is 4.79 Å². The van der Waals surface area contributed by atoms with Crippen LogP contribution in [0.3, 0.4) is 0 Å². The van der Waals surface area contributed by atoms with Gasteiger partial charge in [-0.05, 0) is 54.5 Å². The van der Waals surface area contributed by atoms with E-state index in [9.17, 15) is 14.7 Å². The molecule has 2 aromatic carbocycles. The zero-order valence-electron chi connectivity index (χ0n) is 18.9. The molecule has 174 valence electrons. The highest BCUT2D eigenvalue weighted by atomic mass is 16.4. The third-order valence-electron chi connectivity index (χ3n) is 7.58. The van der Waals surface area contributed by atoms with E-state index in [4.69, 9.17) is 9.41 Å². The SMILES string of the molecule is O=C(O)N1CCC(CN2C(=O)C3(CCCC3)N=C2c2ccc(-c3ccc4occc4c3)cc2)C1. The van der Waals surface area contributed by atoms with Crippen LogP contribution in [0.2, 0.25) is 0 Å². The van der Waals surface area contributed by atoms with E-state index in [0.29, 0.717) is 19.6 Å². The molecular formula is C27H27N3O4. The Balaban J connectivity index is 1.29. The Labute approximate surface area is 197 Å². The highest BCUT2D eigenvalue weighted by Gasteiger charge is 2.50. The van der Waals surface area contributed by atoms with Crippen molar-refractivity contribution < 1.29 is 19.1 Å². The molecule has 2 amide bonds. The first-order valence-electron chi connectivity index (χ1n) is 12.0. The number of aliphatic imine (C=N–C) groups is 1. The molecule has 1 atom stereocenters. The van der Waals surface area contributed by atoms with Gasteiger partial charge in [0.1, 0.15) is 17.0 Å². The van der Waals surface area contributed by atoms with Gasteiger partial charge in [0.05, 0.1) is 6.26 Å². The van der Waals surface area contributed by atoms with Crippen molar-refractivity contribution in [1.29, 1.82) is 0 Å². The molecule has 0 bridgehead atoms. The van der Waals surface area contributed by atoms with Crippen LogP contribution < -0.4 is 0 Å². The van der Waals surface area contributed by atoms with Crippen molar-refractivity contribution in [3.8, 4) is 11.1 Å². The predicted octanol–water partition coefficient (Wildman–Crippen LogP) is 5.00. The van der Waals surface area contributed by atoms with Gasteiger partial charge in [-0.3, -0.25) is 14.7 Å². The first-order valence-corrected chi connectivity index (χ1v) is 12.0. The third kappa shape index (κ3) is 3.47. The Morgan fingerprint density at radius 2 is 1.79 bits per heavy atom. The van der Waals surface area contributed by atoms with Gasteiger partial charge < -0.3 is 14.4 Å². The first-order chi connectivity index (χ1) is 16.5. The molecule has 7 nitrogen and oxygen atoms in total. The summed E-state index contributed by atoms with van der Waals surface area (Å²) in [6, 6.07) is 16.3. The fourth-order valence-corrected chi connectivity index (χ4v) is 5.71. The largest absolute Gasteiger partial charge is 0.465 e. The van der Waals surface area contributed by atoms with Crippen LogP contribution in [0.15, 0.2) is 64.2 Å². The fourth-order valence-electron chi connectivity index (χ4n) is 5.71. The number of hydrogen-bond acceptors (Lipinski definition) is 4. The molecule has 1 N–H and O–H groups in total. The quantitative estimate of drug-likeness (QED) is 0.597. The number of furan rings is 1. The molecule has 3 aliphatic rings. The van der Waals surface area contributed by atoms with Gasteiger partial charge in [-0.15, -0.1) is 0 Å². The normalized spacial score (nSPS) is 21.7. The highest BCUT2D eigenvalue weighted by Crippen LogP contribution is 2.40. The van der Waals surface area contributed by atoms with Crippen molar-refractivity contribution in [3.05, 3.63) is 60.4 Å². The Morgan fingerprint density at radius 3 is 2.53 bits per heavy atom. The number of likely N-dealkylation sites (tertiary alicyclic amines) is 1. The summed E-state index contributed by atoms with van der Waals surface area (Å²) in [5.74, 6) is 0.948. The van der Waals surface area contributed by atoms with Gasteiger partial charge in [0.25, 0.3) is 5.91 Å². The standard InChI is InChI=1S/C27H27N3O4/c31-25-27(11-1-2-12-27)28-24(30(25)17-18-9-13-29(16-18)26(32)33)20-5-3-19(4-6-20)21-7-8-23-22(15-21)10-14-34-23/h3-8,10,14-15,18H,1-2,9,11-13,16-17H2,(H,32,33). The van der Waals surface area contributed by atoms with E-state index >= 15 is 0 Å². The van der Waals surface area contributed by atoms with E-state index < -0.39 is 11.6 Å². The van der Waals surface area contributed by atoms with Crippen LogP contribution >= 0.6 is 0 Å². The summed E-state index contributed by atoms with van der Waals surface area (Å²) in [5, 5.41) is 10.4. The molecule has 2 fully saturated rings. The van der Waals surface area contributed by atoms with E-state index in [-0.39, 0.29) is 11.8 Å². The molecule has 1 aromatic heterocycles. The van der Waals surface area contributed by atoms with Crippen LogP contribution in [0.5, 0.6) is 0 Å². The zero-order valence-corrected chi connectivity index (χ0v) is 18.9. The number of fused-ring (bicyclic) bond motifs is 1. The topological polar surface area (TPSA) is 86.4 Å². The van der Waals surface area contributed by atoms with Crippen LogP contribution in [0, 0.1) is 5.92 Å². The summed E-state index contributed by atoms with van der Waals surface area (Å²) in [7, 11) is 0.